The van der Waals surface area contributed by atoms with Crippen LogP contribution in [-0.4, -0.2) is 65.2 Å². The zero-order valence-corrected chi connectivity index (χ0v) is 17.1. The summed E-state index contributed by atoms with van der Waals surface area (Å²) in [5.41, 5.74) is 2.11. The zero-order valence-electron chi connectivity index (χ0n) is 16.3. The van der Waals surface area contributed by atoms with Crippen molar-refractivity contribution in [3.05, 3.63) is 59.4 Å². The van der Waals surface area contributed by atoms with Crippen LogP contribution in [0.5, 0.6) is 0 Å². The lowest BCUT2D eigenvalue weighted by Crippen LogP contribution is -2.53. The number of piperazine rings is 1. The number of benzene rings is 1. The summed E-state index contributed by atoms with van der Waals surface area (Å²) in [5, 5.41) is 0.726. The summed E-state index contributed by atoms with van der Waals surface area (Å²) >= 11 is 6.11. The number of hydrogen-bond acceptors (Lipinski definition) is 5. The molecule has 29 heavy (non-hydrogen) atoms. The van der Waals surface area contributed by atoms with E-state index in [2.05, 4.69) is 20.9 Å². The summed E-state index contributed by atoms with van der Waals surface area (Å²) in [7, 11) is 0. The van der Waals surface area contributed by atoms with Gasteiger partial charge in [0.1, 0.15) is 6.23 Å². The van der Waals surface area contributed by atoms with Crippen molar-refractivity contribution >= 4 is 23.2 Å². The Morgan fingerprint density at radius 1 is 1.17 bits per heavy atom. The maximum atomic E-state index is 12.8. The Balaban J connectivity index is 1.23. The molecule has 3 fully saturated rings. The van der Waals surface area contributed by atoms with Crippen LogP contribution in [0.15, 0.2) is 48.8 Å². The van der Waals surface area contributed by atoms with Crippen molar-refractivity contribution in [2.24, 2.45) is 0 Å². The molecule has 4 heterocycles. The Morgan fingerprint density at radius 2 is 1.97 bits per heavy atom. The van der Waals surface area contributed by atoms with Gasteiger partial charge in [-0.2, -0.15) is 0 Å². The molecule has 1 amide bonds. The molecule has 1 aromatic carbocycles. The molecule has 152 valence electrons. The third kappa shape index (κ3) is 3.84. The maximum absolute atomic E-state index is 12.8. The molecule has 0 saturated carbocycles. The first-order chi connectivity index (χ1) is 14.1. The van der Waals surface area contributed by atoms with Crippen molar-refractivity contribution < 1.29 is 9.53 Å². The minimum Gasteiger partial charge on any atom is -0.371 e. The molecule has 5 rings (SSSR count). The molecule has 3 aliphatic rings. The SMILES string of the molecule is O=C1CN(Cc2cccc(Cl)c2)CC2OC3(CCN(c4ccncc4)CC3)CN12. The van der Waals surface area contributed by atoms with Crippen LogP contribution in [0.2, 0.25) is 5.02 Å². The molecule has 0 bridgehead atoms. The fourth-order valence-corrected chi connectivity index (χ4v) is 4.98. The Hall–Kier alpha value is -2.15. The summed E-state index contributed by atoms with van der Waals surface area (Å²) < 4.78 is 6.54. The number of pyridine rings is 1. The maximum Gasteiger partial charge on any atom is 0.238 e. The molecule has 1 atom stereocenters. The number of ether oxygens (including phenoxy) is 1. The van der Waals surface area contributed by atoms with E-state index in [0.717, 1.165) is 43.1 Å². The van der Waals surface area contributed by atoms with Gasteiger partial charge in [-0.3, -0.25) is 14.7 Å². The molecular formula is C22H25ClN4O2. The number of hydrogen-bond donors (Lipinski definition) is 0. The van der Waals surface area contributed by atoms with Crippen LogP contribution in [-0.2, 0) is 16.1 Å². The fraction of sp³-hybridized carbons (Fsp3) is 0.455. The molecule has 0 radical (unpaired) electrons. The largest absolute Gasteiger partial charge is 0.371 e. The molecule has 0 N–H and O–H groups in total. The van der Waals surface area contributed by atoms with Gasteiger partial charge in [-0.1, -0.05) is 23.7 Å². The van der Waals surface area contributed by atoms with E-state index < -0.39 is 0 Å². The highest BCUT2D eigenvalue weighted by Crippen LogP contribution is 2.38. The topological polar surface area (TPSA) is 48.9 Å². The highest BCUT2D eigenvalue weighted by Gasteiger charge is 2.50. The van der Waals surface area contributed by atoms with Gasteiger partial charge in [-0.25, -0.2) is 0 Å². The van der Waals surface area contributed by atoms with Crippen LogP contribution in [0.1, 0.15) is 18.4 Å². The van der Waals surface area contributed by atoms with E-state index in [1.807, 2.05) is 47.6 Å². The van der Waals surface area contributed by atoms with Crippen molar-refractivity contribution in [1.29, 1.82) is 0 Å². The van der Waals surface area contributed by atoms with Crippen molar-refractivity contribution in [1.82, 2.24) is 14.8 Å². The summed E-state index contributed by atoms with van der Waals surface area (Å²) in [4.78, 5) is 23.4. The number of carbonyl (C=O) groups is 1. The van der Waals surface area contributed by atoms with E-state index in [9.17, 15) is 4.79 Å². The lowest BCUT2D eigenvalue weighted by molar-refractivity contribution is -0.149. The van der Waals surface area contributed by atoms with Crippen LogP contribution in [0, 0.1) is 0 Å². The summed E-state index contributed by atoms with van der Waals surface area (Å²) in [6.45, 7) is 4.48. The Kier molecular flexibility index (Phi) is 4.94. The molecule has 7 heteroatoms. The Labute approximate surface area is 176 Å². The second kappa shape index (κ2) is 7.59. The van der Waals surface area contributed by atoms with Crippen molar-refractivity contribution in [2.75, 3.05) is 37.6 Å². The standard InChI is InChI=1S/C22H25ClN4O2/c23-18-3-1-2-17(12-18)13-25-14-20(28)27-16-22(29-21(27)15-25)6-10-26(11-7-22)19-4-8-24-9-5-19/h1-5,8-9,12,21H,6-7,10-11,13-16H2. The van der Waals surface area contributed by atoms with Gasteiger partial charge in [-0.05, 0) is 42.7 Å². The monoisotopic (exact) mass is 412 g/mol. The Bertz CT molecular complexity index is 885. The molecular weight excluding hydrogens is 388 g/mol. The first-order valence-corrected chi connectivity index (χ1v) is 10.6. The molecule has 1 aromatic heterocycles. The number of nitrogens with zero attached hydrogens (tertiary/aromatic N) is 4. The van der Waals surface area contributed by atoms with Gasteiger partial charge in [0.05, 0.1) is 18.7 Å². The number of piperidine rings is 1. The van der Waals surface area contributed by atoms with E-state index >= 15 is 0 Å². The molecule has 3 aliphatic heterocycles. The van der Waals surface area contributed by atoms with Gasteiger partial charge in [0.2, 0.25) is 5.91 Å². The molecule has 2 aromatic rings. The lowest BCUT2D eigenvalue weighted by atomic mass is 9.91. The van der Waals surface area contributed by atoms with Crippen molar-refractivity contribution in [3.8, 4) is 0 Å². The average molecular weight is 413 g/mol. The number of carbonyl (C=O) groups excluding carboxylic acids is 1. The third-order valence-electron chi connectivity index (χ3n) is 6.28. The van der Waals surface area contributed by atoms with E-state index in [1.54, 1.807) is 0 Å². The van der Waals surface area contributed by atoms with E-state index in [4.69, 9.17) is 16.3 Å². The summed E-state index contributed by atoms with van der Waals surface area (Å²) in [6, 6.07) is 11.9. The quantitative estimate of drug-likeness (QED) is 0.775. The second-order valence-electron chi connectivity index (χ2n) is 8.27. The predicted molar refractivity (Wildman–Crippen MR) is 112 cm³/mol. The molecule has 3 saturated heterocycles. The highest BCUT2D eigenvalue weighted by molar-refractivity contribution is 6.30. The number of rotatable bonds is 3. The van der Waals surface area contributed by atoms with Gasteiger partial charge < -0.3 is 14.5 Å². The number of aromatic nitrogens is 1. The molecule has 1 unspecified atom stereocenters. The average Bonchev–Trinajstić information content (AvgIpc) is 3.08. The van der Waals surface area contributed by atoms with E-state index in [0.29, 0.717) is 19.6 Å². The Morgan fingerprint density at radius 3 is 2.72 bits per heavy atom. The molecule has 1 spiro atoms. The number of anilines is 1. The van der Waals surface area contributed by atoms with Crippen LogP contribution in [0.25, 0.3) is 0 Å². The fourth-order valence-electron chi connectivity index (χ4n) is 4.77. The highest BCUT2D eigenvalue weighted by atomic mass is 35.5. The third-order valence-corrected chi connectivity index (χ3v) is 6.52. The van der Waals surface area contributed by atoms with Crippen molar-refractivity contribution in [3.63, 3.8) is 0 Å². The predicted octanol–water partition coefficient (Wildman–Crippen LogP) is 2.77. The van der Waals surface area contributed by atoms with Gasteiger partial charge >= 0.3 is 0 Å². The summed E-state index contributed by atoms with van der Waals surface area (Å²) in [5.74, 6) is 0.164. The second-order valence-corrected chi connectivity index (χ2v) is 8.71. The van der Waals surface area contributed by atoms with Crippen LogP contribution < -0.4 is 4.90 Å². The summed E-state index contributed by atoms with van der Waals surface area (Å²) in [6.07, 6.45) is 5.38. The first-order valence-electron chi connectivity index (χ1n) is 10.2. The minimum absolute atomic E-state index is 0.150. The number of halogens is 1. The lowest BCUT2D eigenvalue weighted by Gasteiger charge is -2.39. The van der Waals surface area contributed by atoms with Gasteiger partial charge in [0.15, 0.2) is 0 Å². The number of amides is 1. The number of fused-ring (bicyclic) bond motifs is 1. The first kappa shape index (κ1) is 18.9. The van der Waals surface area contributed by atoms with Gasteiger partial charge in [-0.15, -0.1) is 0 Å². The smallest absolute Gasteiger partial charge is 0.238 e. The zero-order chi connectivity index (χ0) is 19.8. The van der Waals surface area contributed by atoms with Gasteiger partial charge in [0, 0.05) is 49.3 Å². The normalized spacial score (nSPS) is 24.2. The van der Waals surface area contributed by atoms with E-state index in [-0.39, 0.29) is 17.7 Å². The molecule has 0 aliphatic carbocycles. The van der Waals surface area contributed by atoms with Crippen LogP contribution in [0.4, 0.5) is 5.69 Å². The van der Waals surface area contributed by atoms with Crippen LogP contribution >= 0.6 is 11.6 Å². The molecule has 6 nitrogen and oxygen atoms in total. The van der Waals surface area contributed by atoms with E-state index in [1.165, 1.54) is 5.69 Å². The van der Waals surface area contributed by atoms with Crippen molar-refractivity contribution in [2.45, 2.75) is 31.2 Å². The minimum atomic E-state index is -0.212. The van der Waals surface area contributed by atoms with Crippen LogP contribution in [0.3, 0.4) is 0 Å². The van der Waals surface area contributed by atoms with Gasteiger partial charge in [0.25, 0.3) is 0 Å².